The Kier molecular flexibility index (Phi) is 1.49. The summed E-state index contributed by atoms with van der Waals surface area (Å²) in [4.78, 5) is 3.98. The summed E-state index contributed by atoms with van der Waals surface area (Å²) in [6.45, 7) is 0. The molecule has 2 N–H and O–H groups in total. The predicted molar refractivity (Wildman–Crippen MR) is 51.1 cm³/mol. The molecule has 1 aromatic heterocycles. The highest BCUT2D eigenvalue weighted by Crippen LogP contribution is 2.21. The van der Waals surface area contributed by atoms with Crippen molar-refractivity contribution in [3.05, 3.63) is 21.8 Å². The van der Waals surface area contributed by atoms with Crippen LogP contribution in [-0.4, -0.2) is 4.98 Å². The van der Waals surface area contributed by atoms with Crippen molar-refractivity contribution in [2.75, 3.05) is 5.73 Å². The number of nitrogen functional groups attached to an aromatic ring is 1. The summed E-state index contributed by atoms with van der Waals surface area (Å²) in [5, 5.41) is 0. The van der Waals surface area contributed by atoms with Gasteiger partial charge in [0, 0.05) is 0 Å². The summed E-state index contributed by atoms with van der Waals surface area (Å²) in [6, 6.07) is 5.97. The van der Waals surface area contributed by atoms with Crippen LogP contribution in [0.2, 0.25) is 0 Å². The molecule has 2 aromatic rings. The van der Waals surface area contributed by atoms with E-state index in [1.165, 1.54) is 0 Å². The van der Waals surface area contributed by atoms with Crippen molar-refractivity contribution in [1.29, 1.82) is 0 Å². The van der Waals surface area contributed by atoms with E-state index in [0.717, 1.165) is 14.7 Å². The van der Waals surface area contributed by atoms with Gasteiger partial charge in [-0.05, 0) is 34.7 Å². The summed E-state index contributed by atoms with van der Waals surface area (Å²) in [7, 11) is 0. The number of hydrogen-bond donors (Lipinski definition) is 1. The van der Waals surface area contributed by atoms with Gasteiger partial charge in [0.1, 0.15) is 5.52 Å². The second-order valence-corrected chi connectivity index (χ2v) is 3.30. The third-order valence-corrected chi connectivity index (χ3v) is 2.23. The number of oxazole rings is 1. The second kappa shape index (κ2) is 2.37. The van der Waals surface area contributed by atoms with Crippen molar-refractivity contribution >= 4 is 39.7 Å². The number of aromatic nitrogens is 1. The van der Waals surface area contributed by atoms with Gasteiger partial charge in [-0.25, -0.2) is 0 Å². The molecule has 1 heterocycles. The first-order chi connectivity index (χ1) is 5.27. The molecular formula is C7H5IN2O. The normalized spacial score (nSPS) is 10.6. The quantitative estimate of drug-likeness (QED) is 0.737. The van der Waals surface area contributed by atoms with E-state index in [0.29, 0.717) is 0 Å². The van der Waals surface area contributed by atoms with Gasteiger partial charge in [0.15, 0.2) is 5.58 Å². The van der Waals surface area contributed by atoms with Crippen molar-refractivity contribution in [2.24, 2.45) is 0 Å². The highest BCUT2D eigenvalue weighted by Gasteiger charge is 2.03. The first-order valence-electron chi connectivity index (χ1n) is 3.08. The molecule has 11 heavy (non-hydrogen) atoms. The molecular weight excluding hydrogens is 255 g/mol. The lowest BCUT2D eigenvalue weighted by atomic mass is 10.3. The molecule has 0 spiro atoms. The lowest BCUT2D eigenvalue weighted by Gasteiger charge is -1.87. The Labute approximate surface area is 76.7 Å². The van der Waals surface area contributed by atoms with Crippen molar-refractivity contribution < 1.29 is 4.42 Å². The van der Waals surface area contributed by atoms with Gasteiger partial charge in [0.05, 0.1) is 3.57 Å². The van der Waals surface area contributed by atoms with Crippen molar-refractivity contribution in [2.45, 2.75) is 0 Å². The van der Waals surface area contributed by atoms with Gasteiger partial charge in [-0.15, -0.1) is 0 Å². The van der Waals surface area contributed by atoms with Crippen LogP contribution in [0.25, 0.3) is 11.1 Å². The Morgan fingerprint density at radius 1 is 1.45 bits per heavy atom. The Morgan fingerprint density at radius 2 is 2.27 bits per heavy atom. The molecule has 0 unspecified atom stereocenters. The number of nitrogens with zero attached hydrogens (tertiary/aromatic N) is 1. The van der Waals surface area contributed by atoms with Gasteiger partial charge < -0.3 is 10.2 Å². The number of fused-ring (bicyclic) bond motifs is 1. The average Bonchev–Trinajstić information content (AvgIpc) is 2.31. The third-order valence-electron chi connectivity index (χ3n) is 1.38. The topological polar surface area (TPSA) is 52.0 Å². The van der Waals surface area contributed by atoms with Gasteiger partial charge in [-0.3, -0.25) is 0 Å². The molecule has 0 radical (unpaired) electrons. The molecule has 0 atom stereocenters. The van der Waals surface area contributed by atoms with Crippen LogP contribution < -0.4 is 5.73 Å². The summed E-state index contributed by atoms with van der Waals surface area (Å²) in [5.74, 6) is 0. The van der Waals surface area contributed by atoms with Crippen molar-refractivity contribution in [1.82, 2.24) is 4.98 Å². The maximum absolute atomic E-state index is 5.38. The summed E-state index contributed by atoms with van der Waals surface area (Å²) in [6.07, 6.45) is 0. The summed E-state index contributed by atoms with van der Waals surface area (Å²) >= 11 is 2.18. The summed E-state index contributed by atoms with van der Waals surface area (Å²) in [5.41, 5.74) is 6.96. The van der Waals surface area contributed by atoms with Gasteiger partial charge in [-0.1, -0.05) is 6.07 Å². The molecule has 56 valence electrons. The van der Waals surface area contributed by atoms with Crippen LogP contribution in [0.4, 0.5) is 6.01 Å². The van der Waals surface area contributed by atoms with Crippen LogP contribution in [0.3, 0.4) is 0 Å². The Hall–Kier alpha value is -0.780. The molecule has 0 aliphatic carbocycles. The average molecular weight is 260 g/mol. The molecule has 0 saturated carbocycles. The minimum Gasteiger partial charge on any atom is -0.423 e. The van der Waals surface area contributed by atoms with E-state index in [9.17, 15) is 0 Å². The highest BCUT2D eigenvalue weighted by molar-refractivity contribution is 14.1. The molecule has 0 amide bonds. The van der Waals surface area contributed by atoms with Gasteiger partial charge >= 0.3 is 0 Å². The monoisotopic (exact) mass is 260 g/mol. The zero-order valence-electron chi connectivity index (χ0n) is 5.54. The number of nitrogens with two attached hydrogens (primary N) is 1. The zero-order valence-corrected chi connectivity index (χ0v) is 7.70. The second-order valence-electron chi connectivity index (χ2n) is 2.14. The van der Waals surface area contributed by atoms with E-state index in [2.05, 4.69) is 27.6 Å². The van der Waals surface area contributed by atoms with Crippen LogP contribution >= 0.6 is 22.6 Å². The van der Waals surface area contributed by atoms with Gasteiger partial charge in [-0.2, -0.15) is 4.98 Å². The number of hydrogen-bond acceptors (Lipinski definition) is 3. The Bertz CT molecular complexity index is 396. The molecule has 3 nitrogen and oxygen atoms in total. The maximum atomic E-state index is 5.38. The molecule has 0 saturated heterocycles. The standard InChI is InChI=1S/C7H5IN2O/c8-4-2-1-3-5-6(4)11-7(9)10-5/h1-3H,(H2,9,10). The zero-order chi connectivity index (χ0) is 7.84. The lowest BCUT2D eigenvalue weighted by molar-refractivity contribution is 0.624. The molecule has 0 bridgehead atoms. The highest BCUT2D eigenvalue weighted by atomic mass is 127. The van der Waals surface area contributed by atoms with Crippen LogP contribution in [0.5, 0.6) is 0 Å². The van der Waals surface area contributed by atoms with E-state index in [-0.39, 0.29) is 6.01 Å². The van der Waals surface area contributed by atoms with Crippen molar-refractivity contribution in [3.8, 4) is 0 Å². The number of anilines is 1. The lowest BCUT2D eigenvalue weighted by Crippen LogP contribution is -1.80. The maximum Gasteiger partial charge on any atom is 0.293 e. The van der Waals surface area contributed by atoms with Gasteiger partial charge in [0.2, 0.25) is 0 Å². The molecule has 2 rings (SSSR count). The molecule has 0 aliphatic heterocycles. The summed E-state index contributed by atoms with van der Waals surface area (Å²) < 4.78 is 6.19. The third kappa shape index (κ3) is 1.07. The number of rotatable bonds is 0. The van der Waals surface area contributed by atoms with Crippen LogP contribution in [0.15, 0.2) is 22.6 Å². The van der Waals surface area contributed by atoms with E-state index >= 15 is 0 Å². The first-order valence-corrected chi connectivity index (χ1v) is 4.16. The van der Waals surface area contributed by atoms with Crippen LogP contribution in [0.1, 0.15) is 0 Å². The molecule has 4 heteroatoms. The van der Waals surface area contributed by atoms with Crippen LogP contribution in [0, 0.1) is 3.57 Å². The fourth-order valence-corrected chi connectivity index (χ4v) is 1.53. The van der Waals surface area contributed by atoms with Crippen LogP contribution in [-0.2, 0) is 0 Å². The van der Waals surface area contributed by atoms with E-state index in [1.54, 1.807) is 0 Å². The SMILES string of the molecule is Nc1nc2cccc(I)c2o1. The number of halogens is 1. The molecule has 0 fully saturated rings. The van der Waals surface area contributed by atoms with Crippen molar-refractivity contribution in [3.63, 3.8) is 0 Å². The Balaban J connectivity index is 2.90. The molecule has 0 aliphatic rings. The minimum atomic E-state index is 0.226. The fourth-order valence-electron chi connectivity index (χ4n) is 0.933. The molecule has 1 aromatic carbocycles. The number of benzene rings is 1. The largest absolute Gasteiger partial charge is 0.423 e. The Morgan fingerprint density at radius 3 is 3.00 bits per heavy atom. The number of para-hydroxylation sites is 1. The van der Waals surface area contributed by atoms with Gasteiger partial charge in [0.25, 0.3) is 6.01 Å². The van der Waals surface area contributed by atoms with E-state index in [4.69, 9.17) is 10.2 Å². The smallest absolute Gasteiger partial charge is 0.293 e. The first kappa shape index (κ1) is 6.90. The van der Waals surface area contributed by atoms with E-state index in [1.807, 2.05) is 18.2 Å². The predicted octanol–water partition coefficient (Wildman–Crippen LogP) is 2.01. The minimum absolute atomic E-state index is 0.226. The van der Waals surface area contributed by atoms with E-state index < -0.39 is 0 Å². The fraction of sp³-hybridized carbons (Fsp3) is 0.